The summed E-state index contributed by atoms with van der Waals surface area (Å²) < 4.78 is 0. The molecule has 4 heteroatoms. The quantitative estimate of drug-likeness (QED) is 0.450. The van der Waals surface area contributed by atoms with Gasteiger partial charge in [0.1, 0.15) is 0 Å². The first-order chi connectivity index (χ1) is 0. The Morgan fingerprint density at radius 1 is 1.00 bits per heavy atom. The van der Waals surface area contributed by atoms with Crippen LogP contribution in [0.4, 0.5) is 0 Å². The summed E-state index contributed by atoms with van der Waals surface area (Å²) in [6, 6.07) is 0. The third-order valence-corrected chi connectivity index (χ3v) is 0. The Balaban J connectivity index is 0. The summed E-state index contributed by atoms with van der Waals surface area (Å²) in [5.41, 5.74) is 0. The van der Waals surface area contributed by atoms with Gasteiger partial charge in [-0.2, -0.15) is 0 Å². The molecular formula is H5CoInSeTi. The van der Waals surface area contributed by atoms with Gasteiger partial charge in [0.2, 0.25) is 0 Å². The monoisotopic (exact) mass is 307 g/mol. The van der Waals surface area contributed by atoms with Gasteiger partial charge in [0, 0.05) is 38.5 Å². The first kappa shape index (κ1) is 30.5. The zero-order chi connectivity index (χ0) is 0. The molecule has 0 rings (SSSR count). The van der Waals surface area contributed by atoms with Gasteiger partial charge >= 0.3 is 42.9 Å². The molecule has 0 amide bonds. The number of hydrogen-bond donors (Lipinski definition) is 0. The minimum atomic E-state index is 0. The van der Waals surface area contributed by atoms with E-state index >= 15 is 0 Å². The van der Waals surface area contributed by atoms with Crippen molar-refractivity contribution in [3.63, 3.8) is 0 Å². The summed E-state index contributed by atoms with van der Waals surface area (Å²) in [5.74, 6) is 0. The SMILES string of the molecule is [Co].[InH3].[SeH2].[Ti]. The predicted molar refractivity (Wildman–Crippen MR) is 18.5 cm³/mol. The molecule has 0 fully saturated rings. The van der Waals surface area contributed by atoms with Crippen LogP contribution in [0.1, 0.15) is 0 Å². The molecule has 0 saturated heterocycles. The van der Waals surface area contributed by atoms with E-state index in [2.05, 4.69) is 0 Å². The molecule has 4 heavy (non-hydrogen) atoms. The second-order valence-corrected chi connectivity index (χ2v) is 0. The molecule has 0 aromatic heterocycles. The van der Waals surface area contributed by atoms with Crippen molar-refractivity contribution < 1.29 is 38.5 Å². The Kier molecular flexibility index (Phi) is 134. The van der Waals surface area contributed by atoms with Gasteiger partial charge in [-0.05, 0) is 0 Å². The molecule has 0 heterocycles. The summed E-state index contributed by atoms with van der Waals surface area (Å²) in [6.45, 7) is 0. The van der Waals surface area contributed by atoms with Gasteiger partial charge < -0.3 is 0 Å². The van der Waals surface area contributed by atoms with Gasteiger partial charge in [-0.25, -0.2) is 0 Å². The zero-order valence-electron chi connectivity index (χ0n) is 1.33. The van der Waals surface area contributed by atoms with Crippen LogP contribution in [0.25, 0.3) is 0 Å². The van der Waals surface area contributed by atoms with E-state index in [0.717, 1.165) is 0 Å². The van der Waals surface area contributed by atoms with Gasteiger partial charge in [-0.15, -0.1) is 0 Å². The number of hydrogen-bond acceptors (Lipinski definition) is 0. The van der Waals surface area contributed by atoms with Crippen LogP contribution in [0.2, 0.25) is 0 Å². The Morgan fingerprint density at radius 2 is 1.00 bits per heavy atom. The minimum absolute atomic E-state index is 0. The van der Waals surface area contributed by atoms with E-state index in [4.69, 9.17) is 0 Å². The van der Waals surface area contributed by atoms with Gasteiger partial charge in [-0.3, -0.25) is 0 Å². The molecule has 0 N–H and O–H groups in total. The second kappa shape index (κ2) is 17.5. The minimum Gasteiger partial charge on any atom is 0 e. The summed E-state index contributed by atoms with van der Waals surface area (Å²) >= 11 is 0. The van der Waals surface area contributed by atoms with Crippen LogP contribution in [-0.2, 0) is 38.5 Å². The van der Waals surface area contributed by atoms with E-state index in [1.54, 1.807) is 0 Å². The maximum absolute atomic E-state index is 0. The maximum Gasteiger partial charge on any atom is 0 e. The molecule has 0 aliphatic heterocycles. The smallest absolute Gasteiger partial charge is 0 e. The Labute approximate surface area is 80.2 Å². The van der Waals surface area contributed by atoms with E-state index in [1.165, 1.54) is 0 Å². The van der Waals surface area contributed by atoms with Gasteiger partial charge in [0.05, 0.1) is 0 Å². The van der Waals surface area contributed by atoms with Crippen molar-refractivity contribution in [2.24, 2.45) is 0 Å². The third-order valence-electron chi connectivity index (χ3n) is 0. The molecule has 0 aromatic rings. The first-order valence-corrected chi connectivity index (χ1v) is 0. The topological polar surface area (TPSA) is 0 Å². The van der Waals surface area contributed by atoms with Crippen molar-refractivity contribution in [3.05, 3.63) is 0 Å². The van der Waals surface area contributed by atoms with Crippen molar-refractivity contribution in [2.75, 3.05) is 0 Å². The summed E-state index contributed by atoms with van der Waals surface area (Å²) in [7, 11) is 0. The number of rotatable bonds is 0. The Hall–Kier alpha value is 2.61. The van der Waals surface area contributed by atoms with Crippen molar-refractivity contribution in [1.29, 1.82) is 0 Å². The zero-order valence-corrected chi connectivity index (χ0v) is 6.03. The fourth-order valence-corrected chi connectivity index (χ4v) is 0. The third kappa shape index (κ3) is 8.82. The summed E-state index contributed by atoms with van der Waals surface area (Å²) in [6.07, 6.45) is 0. The van der Waals surface area contributed by atoms with Crippen molar-refractivity contribution in [1.82, 2.24) is 0 Å². The van der Waals surface area contributed by atoms with Gasteiger partial charge in [0.25, 0.3) is 0 Å². The molecule has 0 bridgehead atoms. The molecule has 0 atom stereocenters. The normalized spacial score (nSPS) is 0. The van der Waals surface area contributed by atoms with Crippen LogP contribution in [0.5, 0.6) is 0 Å². The standard InChI is InChI=1S/Co.In.H2Se.Ti.3H/h;;1H2;;;;. The van der Waals surface area contributed by atoms with Crippen LogP contribution in [0.15, 0.2) is 0 Å². The van der Waals surface area contributed by atoms with Crippen molar-refractivity contribution in [2.45, 2.75) is 0 Å². The maximum atomic E-state index is 0. The molecule has 0 aliphatic carbocycles. The fraction of sp³-hybridized carbons (Fsp3) is 0. The summed E-state index contributed by atoms with van der Waals surface area (Å²) in [5, 5.41) is 0. The average Bonchev–Trinajstić information content (AvgIpc) is 0. The molecule has 0 aliphatic rings. The largest absolute Gasteiger partial charge is 0 e. The molecular weight excluding hydrogens is 301 g/mol. The van der Waals surface area contributed by atoms with E-state index in [0.29, 0.717) is 0 Å². The van der Waals surface area contributed by atoms with Crippen LogP contribution in [0, 0.1) is 0 Å². The first-order valence-electron chi connectivity index (χ1n) is 0. The van der Waals surface area contributed by atoms with Crippen LogP contribution in [-0.4, -0.2) is 42.9 Å². The van der Waals surface area contributed by atoms with Crippen LogP contribution in [0.3, 0.4) is 0 Å². The summed E-state index contributed by atoms with van der Waals surface area (Å²) in [4.78, 5) is 0. The molecule has 0 unspecified atom stereocenters. The molecule has 0 nitrogen and oxygen atoms in total. The van der Waals surface area contributed by atoms with E-state index in [1.807, 2.05) is 0 Å². The Bertz CT molecular complexity index is 8.00. The Morgan fingerprint density at radius 3 is 1.00 bits per heavy atom. The van der Waals surface area contributed by atoms with E-state index < -0.39 is 0 Å². The van der Waals surface area contributed by atoms with Crippen molar-refractivity contribution in [3.8, 4) is 0 Å². The van der Waals surface area contributed by atoms with Crippen molar-refractivity contribution >= 4 is 42.9 Å². The molecule has 1 radical (unpaired) electrons. The molecule has 0 spiro atoms. The van der Waals surface area contributed by atoms with E-state index in [9.17, 15) is 0 Å². The predicted octanol–water partition coefficient (Wildman–Crippen LogP) is -2.11. The molecule has 27 valence electrons. The van der Waals surface area contributed by atoms with Crippen LogP contribution < -0.4 is 0 Å². The fourth-order valence-electron chi connectivity index (χ4n) is 0. The molecule has 0 saturated carbocycles. The molecule has 0 aromatic carbocycles. The second-order valence-electron chi connectivity index (χ2n) is 0. The van der Waals surface area contributed by atoms with Gasteiger partial charge in [0.15, 0.2) is 0 Å². The van der Waals surface area contributed by atoms with Crippen LogP contribution >= 0.6 is 0 Å². The average molecular weight is 306 g/mol. The van der Waals surface area contributed by atoms with E-state index in [-0.39, 0.29) is 81.4 Å². The van der Waals surface area contributed by atoms with Gasteiger partial charge in [-0.1, -0.05) is 0 Å².